The van der Waals surface area contributed by atoms with Gasteiger partial charge in [0.15, 0.2) is 0 Å². The third kappa shape index (κ3) is 4.42. The van der Waals surface area contributed by atoms with E-state index >= 15 is 0 Å². The van der Waals surface area contributed by atoms with Crippen molar-refractivity contribution in [3.05, 3.63) is 53.7 Å². The number of benzene rings is 1. The summed E-state index contributed by atoms with van der Waals surface area (Å²) in [4.78, 5) is 16.5. The quantitative estimate of drug-likeness (QED) is 0.639. The average Bonchev–Trinajstić information content (AvgIpc) is 3.21. The minimum absolute atomic E-state index is 0.519. The Labute approximate surface area is 183 Å². The molecule has 1 aromatic carbocycles. The first-order chi connectivity index (χ1) is 15.2. The summed E-state index contributed by atoms with van der Waals surface area (Å²) >= 11 is 0. The second kappa shape index (κ2) is 8.67. The van der Waals surface area contributed by atoms with Gasteiger partial charge in [-0.15, -0.1) is 0 Å². The van der Waals surface area contributed by atoms with Crippen LogP contribution in [0.1, 0.15) is 49.2 Å². The fourth-order valence-electron chi connectivity index (χ4n) is 4.65. The zero-order valence-electron chi connectivity index (χ0n) is 18.4. The molecule has 162 valence electrons. The van der Waals surface area contributed by atoms with E-state index in [0.717, 1.165) is 42.5 Å². The first-order valence-electron chi connectivity index (χ1n) is 11.4. The molecule has 31 heavy (non-hydrogen) atoms. The largest absolute Gasteiger partial charge is 0.367 e. The molecule has 0 spiro atoms. The zero-order valence-corrected chi connectivity index (χ0v) is 18.4. The van der Waals surface area contributed by atoms with E-state index in [4.69, 9.17) is 9.97 Å². The van der Waals surface area contributed by atoms with Crippen LogP contribution in [0.25, 0.3) is 5.69 Å². The number of hydrogen-bond acceptors (Lipinski definition) is 6. The maximum atomic E-state index is 4.92. The van der Waals surface area contributed by atoms with Crippen molar-refractivity contribution in [3.63, 3.8) is 0 Å². The smallest absolute Gasteiger partial charge is 0.229 e. The van der Waals surface area contributed by atoms with Crippen molar-refractivity contribution < 1.29 is 0 Å². The molecule has 0 bridgehead atoms. The van der Waals surface area contributed by atoms with Crippen LogP contribution >= 0.6 is 0 Å². The third-order valence-corrected chi connectivity index (χ3v) is 6.42. The number of nitrogens with zero attached hydrogens (tertiary/aromatic N) is 5. The standard InChI is InChI=1S/C24H31N7/c1-17-25-13-15-31(17)20-10-8-19(9-11-20)27-24-28-22-12-14-30(2)16-21(22)23(29-24)26-18-6-4-3-5-7-18/h8-11,13,15,18H,3-7,12,14,16H2,1-2H3,(H2,26,27,28,29). The van der Waals surface area contributed by atoms with Gasteiger partial charge < -0.3 is 20.1 Å². The van der Waals surface area contributed by atoms with Crippen LogP contribution in [0.2, 0.25) is 0 Å². The summed E-state index contributed by atoms with van der Waals surface area (Å²) in [6.07, 6.45) is 11.2. The molecule has 5 rings (SSSR count). The van der Waals surface area contributed by atoms with Crippen LogP contribution in [-0.4, -0.2) is 44.1 Å². The summed E-state index contributed by atoms with van der Waals surface area (Å²) in [5.41, 5.74) is 4.50. The summed E-state index contributed by atoms with van der Waals surface area (Å²) in [6.45, 7) is 3.94. The number of likely N-dealkylation sites (N-methyl/N-ethyl adjacent to an activating group) is 1. The van der Waals surface area contributed by atoms with Crippen LogP contribution < -0.4 is 10.6 Å². The van der Waals surface area contributed by atoms with Gasteiger partial charge in [0.2, 0.25) is 5.95 Å². The normalized spacial score (nSPS) is 17.4. The van der Waals surface area contributed by atoms with Gasteiger partial charge in [0.1, 0.15) is 11.6 Å². The van der Waals surface area contributed by atoms with Gasteiger partial charge in [-0.25, -0.2) is 9.97 Å². The summed E-state index contributed by atoms with van der Waals surface area (Å²) in [7, 11) is 2.17. The van der Waals surface area contributed by atoms with E-state index in [1.54, 1.807) is 0 Å². The van der Waals surface area contributed by atoms with Crippen LogP contribution in [0.3, 0.4) is 0 Å². The van der Waals surface area contributed by atoms with Crippen molar-refractivity contribution >= 4 is 17.5 Å². The van der Waals surface area contributed by atoms with Crippen LogP contribution in [0, 0.1) is 6.92 Å². The maximum Gasteiger partial charge on any atom is 0.229 e. The summed E-state index contributed by atoms with van der Waals surface area (Å²) in [5.74, 6) is 2.66. The van der Waals surface area contributed by atoms with Crippen LogP contribution in [0.5, 0.6) is 0 Å². The Morgan fingerprint density at radius 1 is 1.03 bits per heavy atom. The van der Waals surface area contributed by atoms with Gasteiger partial charge in [-0.2, -0.15) is 4.98 Å². The Balaban J connectivity index is 1.39. The van der Waals surface area contributed by atoms with Gasteiger partial charge in [-0.3, -0.25) is 0 Å². The molecular formula is C24H31N7. The van der Waals surface area contributed by atoms with E-state index in [-0.39, 0.29) is 0 Å². The molecule has 7 heteroatoms. The molecule has 1 aliphatic carbocycles. The second-order valence-corrected chi connectivity index (χ2v) is 8.80. The minimum atomic E-state index is 0.519. The third-order valence-electron chi connectivity index (χ3n) is 6.42. The monoisotopic (exact) mass is 417 g/mol. The van der Waals surface area contributed by atoms with Crippen molar-refractivity contribution in [2.75, 3.05) is 24.2 Å². The lowest BCUT2D eigenvalue weighted by molar-refractivity contribution is 0.309. The molecule has 1 fully saturated rings. The van der Waals surface area contributed by atoms with Crippen molar-refractivity contribution in [2.45, 2.75) is 58.0 Å². The summed E-state index contributed by atoms with van der Waals surface area (Å²) in [5, 5.41) is 7.19. The number of aryl methyl sites for hydroxylation is 1. The van der Waals surface area contributed by atoms with E-state index < -0.39 is 0 Å². The molecule has 0 amide bonds. The number of hydrogen-bond donors (Lipinski definition) is 2. The highest BCUT2D eigenvalue weighted by Gasteiger charge is 2.23. The highest BCUT2D eigenvalue weighted by molar-refractivity contribution is 5.59. The Morgan fingerprint density at radius 2 is 1.84 bits per heavy atom. The van der Waals surface area contributed by atoms with Gasteiger partial charge in [-0.1, -0.05) is 19.3 Å². The summed E-state index contributed by atoms with van der Waals surface area (Å²) in [6, 6.07) is 8.83. The Morgan fingerprint density at radius 3 is 2.58 bits per heavy atom. The van der Waals surface area contributed by atoms with E-state index in [9.17, 15) is 0 Å². The molecule has 1 aliphatic heterocycles. The van der Waals surface area contributed by atoms with Crippen LogP contribution in [0.15, 0.2) is 36.7 Å². The molecule has 2 aliphatic rings. The first kappa shape index (κ1) is 20.0. The number of rotatable bonds is 5. The molecule has 0 radical (unpaired) electrons. The lowest BCUT2D eigenvalue weighted by Crippen LogP contribution is -2.31. The molecule has 7 nitrogen and oxygen atoms in total. The number of fused-ring (bicyclic) bond motifs is 1. The average molecular weight is 418 g/mol. The minimum Gasteiger partial charge on any atom is -0.367 e. The topological polar surface area (TPSA) is 70.9 Å². The fraction of sp³-hybridized carbons (Fsp3) is 0.458. The predicted molar refractivity (Wildman–Crippen MR) is 124 cm³/mol. The van der Waals surface area contributed by atoms with Crippen molar-refractivity contribution in [2.24, 2.45) is 0 Å². The van der Waals surface area contributed by atoms with E-state index in [1.807, 2.05) is 19.3 Å². The molecule has 2 N–H and O–H groups in total. The predicted octanol–water partition coefficient (Wildman–Crippen LogP) is 4.45. The molecule has 1 saturated carbocycles. The lowest BCUT2D eigenvalue weighted by Gasteiger charge is -2.29. The van der Waals surface area contributed by atoms with Crippen molar-refractivity contribution in [1.82, 2.24) is 24.4 Å². The lowest BCUT2D eigenvalue weighted by atomic mass is 9.95. The number of aromatic nitrogens is 4. The molecule has 2 aromatic heterocycles. The van der Waals surface area contributed by atoms with Crippen molar-refractivity contribution in [3.8, 4) is 5.69 Å². The van der Waals surface area contributed by atoms with Crippen LogP contribution in [0.4, 0.5) is 17.5 Å². The Kier molecular flexibility index (Phi) is 5.59. The summed E-state index contributed by atoms with van der Waals surface area (Å²) < 4.78 is 2.07. The van der Waals surface area contributed by atoms with Gasteiger partial charge in [0.05, 0.1) is 5.69 Å². The second-order valence-electron chi connectivity index (χ2n) is 8.80. The van der Waals surface area contributed by atoms with Gasteiger partial charge in [0, 0.05) is 54.9 Å². The highest BCUT2D eigenvalue weighted by atomic mass is 15.2. The van der Waals surface area contributed by atoms with Crippen LogP contribution in [-0.2, 0) is 13.0 Å². The first-order valence-corrected chi connectivity index (χ1v) is 11.4. The van der Waals surface area contributed by atoms with E-state index in [0.29, 0.717) is 12.0 Å². The van der Waals surface area contributed by atoms with Gasteiger partial charge >= 0.3 is 0 Å². The molecule has 3 aromatic rings. The van der Waals surface area contributed by atoms with E-state index in [1.165, 1.54) is 43.4 Å². The number of imidazole rings is 1. The number of nitrogens with one attached hydrogen (secondary N) is 2. The molecule has 3 heterocycles. The molecule has 0 unspecified atom stereocenters. The molecule has 0 saturated heterocycles. The SMILES string of the molecule is Cc1nccn1-c1ccc(Nc2nc3c(c(NC4CCCCC4)n2)CN(C)CC3)cc1. The zero-order chi connectivity index (χ0) is 21.2. The van der Waals surface area contributed by atoms with Gasteiger partial charge in [0.25, 0.3) is 0 Å². The molecular weight excluding hydrogens is 386 g/mol. The molecule has 0 atom stereocenters. The van der Waals surface area contributed by atoms with E-state index in [2.05, 4.69) is 56.4 Å². The van der Waals surface area contributed by atoms with Gasteiger partial charge in [-0.05, 0) is 51.1 Å². The fourth-order valence-corrected chi connectivity index (χ4v) is 4.65. The van der Waals surface area contributed by atoms with Crippen molar-refractivity contribution in [1.29, 1.82) is 0 Å². The highest BCUT2D eigenvalue weighted by Crippen LogP contribution is 2.29. The Bertz CT molecular complexity index is 1030. The maximum absolute atomic E-state index is 4.92. The Hall–Kier alpha value is -2.93. The number of anilines is 3.